The molecule has 0 fully saturated rings. The monoisotopic (exact) mass is 303 g/mol. The zero-order chi connectivity index (χ0) is 16.1. The first-order valence-corrected chi connectivity index (χ1v) is 7.53. The van der Waals surface area contributed by atoms with Gasteiger partial charge in [-0.3, -0.25) is 14.4 Å². The fourth-order valence-corrected chi connectivity index (χ4v) is 2.49. The van der Waals surface area contributed by atoms with E-state index in [1.54, 1.807) is 17.0 Å². The van der Waals surface area contributed by atoms with Crippen LogP contribution >= 0.6 is 0 Å². The molecule has 1 aromatic rings. The van der Waals surface area contributed by atoms with Crippen molar-refractivity contribution in [2.24, 2.45) is 0 Å². The first-order valence-electron chi connectivity index (χ1n) is 7.53. The summed E-state index contributed by atoms with van der Waals surface area (Å²) < 4.78 is 0. The van der Waals surface area contributed by atoms with Crippen molar-refractivity contribution in [2.75, 3.05) is 23.3 Å². The van der Waals surface area contributed by atoms with E-state index in [-0.39, 0.29) is 5.91 Å². The first-order chi connectivity index (χ1) is 10.5. The summed E-state index contributed by atoms with van der Waals surface area (Å²) in [6.45, 7) is 4.59. The molecule has 0 saturated carbocycles. The molecule has 0 spiro atoms. The Balaban J connectivity index is 2.13. The molecule has 0 unspecified atom stereocenters. The van der Waals surface area contributed by atoms with E-state index in [1.807, 2.05) is 13.0 Å². The minimum absolute atomic E-state index is 0.0230. The van der Waals surface area contributed by atoms with E-state index in [0.29, 0.717) is 18.8 Å². The Kier molecular flexibility index (Phi) is 5.14. The number of aryl methyl sites for hydroxylation is 1. The Bertz CT molecular complexity index is 598. The number of fused-ring (bicyclic) bond motifs is 1. The number of anilines is 2. The molecule has 1 aliphatic rings. The summed E-state index contributed by atoms with van der Waals surface area (Å²) in [6, 6.07) is 5.40. The molecule has 0 saturated heterocycles. The predicted octanol–water partition coefficient (Wildman–Crippen LogP) is 1.45. The zero-order valence-corrected chi connectivity index (χ0v) is 12.9. The second-order valence-corrected chi connectivity index (χ2v) is 5.33. The van der Waals surface area contributed by atoms with Crippen LogP contribution < -0.4 is 15.5 Å². The molecule has 3 amide bonds. The Hall–Kier alpha value is -2.37. The van der Waals surface area contributed by atoms with Crippen molar-refractivity contribution >= 4 is 29.1 Å². The lowest BCUT2D eigenvalue weighted by Crippen LogP contribution is -2.36. The van der Waals surface area contributed by atoms with Gasteiger partial charge in [0.05, 0.1) is 0 Å². The number of hydrogen-bond acceptors (Lipinski definition) is 3. The van der Waals surface area contributed by atoms with Crippen LogP contribution in [-0.2, 0) is 20.8 Å². The summed E-state index contributed by atoms with van der Waals surface area (Å²) in [5.74, 6) is -1.37. The first kappa shape index (κ1) is 16.0. The van der Waals surface area contributed by atoms with Crippen LogP contribution in [0.25, 0.3) is 0 Å². The molecule has 1 aromatic carbocycles. The summed E-state index contributed by atoms with van der Waals surface area (Å²) in [6.07, 6.45) is 2.60. The number of nitrogens with one attached hydrogen (secondary N) is 2. The number of amides is 3. The van der Waals surface area contributed by atoms with Gasteiger partial charge in [0, 0.05) is 31.4 Å². The number of carbonyl (C=O) groups excluding carboxylic acids is 3. The van der Waals surface area contributed by atoms with Gasteiger partial charge in [-0.05, 0) is 37.0 Å². The van der Waals surface area contributed by atoms with Crippen molar-refractivity contribution in [2.45, 2.75) is 33.1 Å². The topological polar surface area (TPSA) is 78.5 Å². The lowest BCUT2D eigenvalue weighted by Gasteiger charge is -2.29. The van der Waals surface area contributed by atoms with E-state index in [2.05, 4.69) is 10.6 Å². The minimum Gasteiger partial charge on any atom is -0.348 e. The minimum atomic E-state index is -0.696. The lowest BCUT2D eigenvalue weighted by atomic mass is 10.0. The van der Waals surface area contributed by atoms with E-state index in [4.69, 9.17) is 0 Å². The van der Waals surface area contributed by atoms with Crippen LogP contribution in [0.5, 0.6) is 0 Å². The van der Waals surface area contributed by atoms with Gasteiger partial charge in [0.25, 0.3) is 0 Å². The van der Waals surface area contributed by atoms with Crippen LogP contribution in [0, 0.1) is 0 Å². The summed E-state index contributed by atoms with van der Waals surface area (Å²) in [4.78, 5) is 36.8. The maximum absolute atomic E-state index is 11.8. The molecule has 0 aliphatic carbocycles. The highest BCUT2D eigenvalue weighted by Crippen LogP contribution is 2.30. The third-order valence-corrected chi connectivity index (χ3v) is 3.58. The highest BCUT2D eigenvalue weighted by Gasteiger charge is 2.21. The number of carbonyl (C=O) groups is 3. The number of hydrogen-bond donors (Lipinski definition) is 2. The summed E-state index contributed by atoms with van der Waals surface area (Å²) in [7, 11) is 0. The molecule has 1 heterocycles. The second kappa shape index (κ2) is 7.06. The van der Waals surface area contributed by atoms with E-state index >= 15 is 0 Å². The summed E-state index contributed by atoms with van der Waals surface area (Å²) in [5, 5.41) is 5.10. The molecule has 22 heavy (non-hydrogen) atoms. The number of rotatable bonds is 3. The van der Waals surface area contributed by atoms with E-state index in [9.17, 15) is 14.4 Å². The van der Waals surface area contributed by atoms with Gasteiger partial charge < -0.3 is 15.5 Å². The molecule has 2 rings (SSSR count). The van der Waals surface area contributed by atoms with Crippen molar-refractivity contribution in [3.8, 4) is 0 Å². The molecule has 118 valence electrons. The van der Waals surface area contributed by atoms with Crippen LogP contribution in [0.15, 0.2) is 18.2 Å². The predicted molar refractivity (Wildman–Crippen MR) is 84.7 cm³/mol. The summed E-state index contributed by atoms with van der Waals surface area (Å²) >= 11 is 0. The van der Waals surface area contributed by atoms with Gasteiger partial charge in [0.15, 0.2) is 0 Å². The van der Waals surface area contributed by atoms with Gasteiger partial charge in [-0.2, -0.15) is 0 Å². The fourth-order valence-electron chi connectivity index (χ4n) is 2.49. The second-order valence-electron chi connectivity index (χ2n) is 5.33. The average Bonchev–Trinajstić information content (AvgIpc) is 2.51. The van der Waals surface area contributed by atoms with Crippen LogP contribution in [0.4, 0.5) is 11.4 Å². The average molecular weight is 303 g/mol. The van der Waals surface area contributed by atoms with E-state index < -0.39 is 11.8 Å². The molecule has 0 bridgehead atoms. The third-order valence-electron chi connectivity index (χ3n) is 3.58. The molecular weight excluding hydrogens is 282 g/mol. The van der Waals surface area contributed by atoms with Crippen LogP contribution in [0.1, 0.15) is 32.3 Å². The third kappa shape index (κ3) is 3.63. The number of benzene rings is 1. The van der Waals surface area contributed by atoms with Gasteiger partial charge in [-0.15, -0.1) is 0 Å². The highest BCUT2D eigenvalue weighted by atomic mass is 16.2. The van der Waals surface area contributed by atoms with Crippen molar-refractivity contribution in [3.63, 3.8) is 0 Å². The van der Waals surface area contributed by atoms with E-state index in [1.165, 1.54) is 6.92 Å². The molecule has 0 aromatic heterocycles. The Labute approximate surface area is 129 Å². The molecule has 6 nitrogen and oxygen atoms in total. The SMILES string of the molecule is CCCNC(=O)C(=O)Nc1ccc2c(c1)N(C(C)=O)CCC2. The molecular formula is C16H21N3O3. The Morgan fingerprint density at radius 2 is 2.00 bits per heavy atom. The fraction of sp³-hybridized carbons (Fsp3) is 0.438. The smallest absolute Gasteiger partial charge is 0.313 e. The van der Waals surface area contributed by atoms with Crippen molar-refractivity contribution < 1.29 is 14.4 Å². The Morgan fingerprint density at radius 3 is 2.68 bits per heavy atom. The van der Waals surface area contributed by atoms with Gasteiger partial charge in [-0.1, -0.05) is 13.0 Å². The largest absolute Gasteiger partial charge is 0.348 e. The summed E-state index contributed by atoms with van der Waals surface area (Å²) in [5.41, 5.74) is 2.41. The Morgan fingerprint density at radius 1 is 1.23 bits per heavy atom. The van der Waals surface area contributed by atoms with Crippen LogP contribution in [0.2, 0.25) is 0 Å². The molecule has 2 N–H and O–H groups in total. The molecule has 0 atom stereocenters. The molecule has 0 radical (unpaired) electrons. The van der Waals surface area contributed by atoms with Gasteiger partial charge >= 0.3 is 11.8 Å². The van der Waals surface area contributed by atoms with Crippen molar-refractivity contribution in [3.05, 3.63) is 23.8 Å². The van der Waals surface area contributed by atoms with Gasteiger partial charge in [0.1, 0.15) is 0 Å². The maximum atomic E-state index is 11.8. The highest BCUT2D eigenvalue weighted by molar-refractivity contribution is 6.39. The van der Waals surface area contributed by atoms with Crippen LogP contribution in [0.3, 0.4) is 0 Å². The quantitative estimate of drug-likeness (QED) is 0.830. The lowest BCUT2D eigenvalue weighted by molar-refractivity contribution is -0.136. The van der Waals surface area contributed by atoms with Gasteiger partial charge in [-0.25, -0.2) is 0 Å². The standard InChI is InChI=1S/C16H21N3O3/c1-3-8-17-15(21)16(22)18-13-7-6-12-5-4-9-19(11(2)20)14(12)10-13/h6-7,10H,3-5,8-9H2,1-2H3,(H,17,21)(H,18,22). The van der Waals surface area contributed by atoms with E-state index in [0.717, 1.165) is 30.5 Å². The maximum Gasteiger partial charge on any atom is 0.313 e. The zero-order valence-electron chi connectivity index (χ0n) is 12.9. The molecule has 6 heteroatoms. The van der Waals surface area contributed by atoms with Crippen molar-refractivity contribution in [1.82, 2.24) is 5.32 Å². The normalized spacial score (nSPS) is 13.3. The molecule has 1 aliphatic heterocycles. The number of nitrogens with zero attached hydrogens (tertiary/aromatic N) is 1. The van der Waals surface area contributed by atoms with Crippen LogP contribution in [-0.4, -0.2) is 30.8 Å². The van der Waals surface area contributed by atoms with Gasteiger partial charge in [0.2, 0.25) is 5.91 Å². The van der Waals surface area contributed by atoms with Crippen molar-refractivity contribution in [1.29, 1.82) is 0 Å².